The van der Waals surface area contributed by atoms with Crippen LogP contribution in [0, 0.1) is 3.57 Å². The Hall–Kier alpha value is -0.380. The normalized spacial score (nSPS) is 12.5. The van der Waals surface area contributed by atoms with Crippen LogP contribution in [0.4, 0.5) is 0 Å². The van der Waals surface area contributed by atoms with Crippen LogP contribution in [0.1, 0.15) is 30.9 Å². The molecule has 1 aromatic rings. The number of hydrogen-bond donors (Lipinski definition) is 0. The number of aryl methyl sites for hydroxylation is 1. The molecule has 0 amide bonds. The van der Waals surface area contributed by atoms with Gasteiger partial charge in [0.25, 0.3) is 0 Å². The fourth-order valence-electron chi connectivity index (χ4n) is 1.22. The molecule has 0 aliphatic rings. The van der Waals surface area contributed by atoms with Crippen LogP contribution < -0.4 is 0 Å². The van der Waals surface area contributed by atoms with E-state index in [4.69, 9.17) is 0 Å². The van der Waals surface area contributed by atoms with Gasteiger partial charge < -0.3 is 4.79 Å². The third kappa shape index (κ3) is 2.79. The number of carbonyl (C=O) groups is 1. The summed E-state index contributed by atoms with van der Waals surface area (Å²) in [5.41, 5.74) is 2.43. The maximum atomic E-state index is 10.6. The largest absolute Gasteiger partial charge is 0.303 e. The van der Waals surface area contributed by atoms with Crippen LogP contribution in [-0.2, 0) is 11.2 Å². The van der Waals surface area contributed by atoms with E-state index in [2.05, 4.69) is 47.7 Å². The van der Waals surface area contributed by atoms with Gasteiger partial charge in [0.05, 0.1) is 0 Å². The quantitative estimate of drug-likeness (QED) is 0.617. The SMILES string of the molecule is CCc1cc(I)cc(C(C)C=O)c1. The van der Waals surface area contributed by atoms with Crippen molar-refractivity contribution in [3.05, 3.63) is 32.9 Å². The van der Waals surface area contributed by atoms with E-state index in [0.29, 0.717) is 0 Å². The average Bonchev–Trinajstić information content (AvgIpc) is 2.15. The highest BCUT2D eigenvalue weighted by Crippen LogP contribution is 2.19. The van der Waals surface area contributed by atoms with Crippen molar-refractivity contribution in [1.82, 2.24) is 0 Å². The van der Waals surface area contributed by atoms with Crippen molar-refractivity contribution in [3.63, 3.8) is 0 Å². The number of carbonyl (C=O) groups excluding carboxylic acids is 1. The Kier molecular flexibility index (Phi) is 3.90. The zero-order valence-corrected chi connectivity index (χ0v) is 10.0. The Balaban J connectivity index is 3.07. The summed E-state index contributed by atoms with van der Waals surface area (Å²) in [5.74, 6) is 0.0139. The fraction of sp³-hybridized carbons (Fsp3) is 0.364. The molecule has 0 heterocycles. The van der Waals surface area contributed by atoms with Crippen LogP contribution in [0.5, 0.6) is 0 Å². The van der Waals surface area contributed by atoms with Crippen LogP contribution >= 0.6 is 22.6 Å². The summed E-state index contributed by atoms with van der Waals surface area (Å²) in [5, 5.41) is 0. The molecule has 0 aromatic heterocycles. The molecule has 0 aliphatic heterocycles. The summed E-state index contributed by atoms with van der Waals surface area (Å²) < 4.78 is 1.21. The van der Waals surface area contributed by atoms with E-state index in [1.54, 1.807) is 0 Å². The van der Waals surface area contributed by atoms with Gasteiger partial charge in [-0.05, 0) is 52.3 Å². The number of benzene rings is 1. The molecule has 1 aromatic carbocycles. The van der Waals surface area contributed by atoms with Gasteiger partial charge in [-0.3, -0.25) is 0 Å². The van der Waals surface area contributed by atoms with Gasteiger partial charge in [-0.25, -0.2) is 0 Å². The minimum absolute atomic E-state index is 0.0139. The summed E-state index contributed by atoms with van der Waals surface area (Å²) in [7, 11) is 0. The van der Waals surface area contributed by atoms with E-state index in [1.807, 2.05) is 6.92 Å². The molecule has 1 unspecified atom stereocenters. The smallest absolute Gasteiger partial charge is 0.127 e. The van der Waals surface area contributed by atoms with Crippen molar-refractivity contribution < 1.29 is 4.79 Å². The van der Waals surface area contributed by atoms with Crippen molar-refractivity contribution in [2.45, 2.75) is 26.2 Å². The molecule has 2 heteroatoms. The second-order valence-corrected chi connectivity index (χ2v) is 4.42. The molecule has 0 saturated heterocycles. The van der Waals surface area contributed by atoms with Gasteiger partial charge in [0.1, 0.15) is 6.29 Å². The van der Waals surface area contributed by atoms with E-state index in [9.17, 15) is 4.79 Å². The lowest BCUT2D eigenvalue weighted by atomic mass is 10.00. The number of hydrogen-bond acceptors (Lipinski definition) is 1. The first-order chi connectivity index (χ1) is 6.17. The fourth-order valence-corrected chi connectivity index (χ4v) is 1.98. The highest BCUT2D eigenvalue weighted by atomic mass is 127. The molecular formula is C11H13IO. The van der Waals surface area contributed by atoms with Crippen molar-refractivity contribution in [3.8, 4) is 0 Å². The average molecular weight is 288 g/mol. The first kappa shape index (κ1) is 10.7. The minimum Gasteiger partial charge on any atom is -0.303 e. The Morgan fingerprint density at radius 2 is 2.15 bits per heavy atom. The van der Waals surface area contributed by atoms with Crippen LogP contribution in [-0.4, -0.2) is 6.29 Å². The highest BCUT2D eigenvalue weighted by Gasteiger charge is 2.05. The van der Waals surface area contributed by atoms with Crippen LogP contribution in [0.2, 0.25) is 0 Å². The molecule has 0 radical (unpaired) electrons. The van der Waals surface area contributed by atoms with Crippen LogP contribution in [0.3, 0.4) is 0 Å². The maximum Gasteiger partial charge on any atom is 0.127 e. The molecular weight excluding hydrogens is 275 g/mol. The van der Waals surface area contributed by atoms with Crippen LogP contribution in [0.15, 0.2) is 18.2 Å². The number of rotatable bonds is 3. The molecule has 0 bridgehead atoms. The van der Waals surface area contributed by atoms with Crippen molar-refractivity contribution >= 4 is 28.9 Å². The molecule has 13 heavy (non-hydrogen) atoms. The monoisotopic (exact) mass is 288 g/mol. The first-order valence-electron chi connectivity index (χ1n) is 4.42. The Morgan fingerprint density at radius 3 is 2.69 bits per heavy atom. The molecule has 1 rings (SSSR count). The van der Waals surface area contributed by atoms with Gasteiger partial charge in [0.2, 0.25) is 0 Å². The molecule has 0 fully saturated rings. The van der Waals surface area contributed by atoms with E-state index < -0.39 is 0 Å². The second kappa shape index (κ2) is 4.74. The van der Waals surface area contributed by atoms with Gasteiger partial charge in [-0.1, -0.05) is 19.9 Å². The van der Waals surface area contributed by atoms with Gasteiger partial charge in [0.15, 0.2) is 0 Å². The predicted octanol–water partition coefficient (Wildman–Crippen LogP) is 3.16. The molecule has 70 valence electrons. The van der Waals surface area contributed by atoms with Gasteiger partial charge in [-0.2, -0.15) is 0 Å². The van der Waals surface area contributed by atoms with Crippen LogP contribution in [0.25, 0.3) is 0 Å². The molecule has 0 N–H and O–H groups in total. The van der Waals surface area contributed by atoms with Crippen molar-refractivity contribution in [1.29, 1.82) is 0 Å². The van der Waals surface area contributed by atoms with E-state index >= 15 is 0 Å². The lowest BCUT2D eigenvalue weighted by Crippen LogP contribution is -1.96. The summed E-state index contributed by atoms with van der Waals surface area (Å²) in [6.07, 6.45) is 2.01. The van der Waals surface area contributed by atoms with Crippen molar-refractivity contribution in [2.24, 2.45) is 0 Å². The van der Waals surface area contributed by atoms with E-state index in [0.717, 1.165) is 18.3 Å². The third-order valence-electron chi connectivity index (χ3n) is 2.12. The molecule has 0 aliphatic carbocycles. The lowest BCUT2D eigenvalue weighted by molar-refractivity contribution is -0.108. The second-order valence-electron chi connectivity index (χ2n) is 3.17. The summed E-state index contributed by atoms with van der Waals surface area (Å²) >= 11 is 2.29. The molecule has 1 atom stereocenters. The number of aldehydes is 1. The van der Waals surface area contributed by atoms with E-state index in [1.165, 1.54) is 9.13 Å². The zero-order chi connectivity index (χ0) is 9.84. The maximum absolute atomic E-state index is 10.6. The molecule has 1 nitrogen and oxygen atoms in total. The van der Waals surface area contributed by atoms with Gasteiger partial charge >= 0.3 is 0 Å². The topological polar surface area (TPSA) is 17.1 Å². The predicted molar refractivity (Wildman–Crippen MR) is 63.0 cm³/mol. The third-order valence-corrected chi connectivity index (χ3v) is 2.74. The summed E-state index contributed by atoms with van der Waals surface area (Å²) in [6.45, 7) is 4.05. The van der Waals surface area contributed by atoms with Gasteiger partial charge in [0, 0.05) is 9.49 Å². The first-order valence-corrected chi connectivity index (χ1v) is 5.50. The highest BCUT2D eigenvalue weighted by molar-refractivity contribution is 14.1. The standard InChI is InChI=1S/C11H13IO/c1-3-9-4-10(8(2)7-13)6-11(12)5-9/h4-8H,3H2,1-2H3. The van der Waals surface area contributed by atoms with Crippen molar-refractivity contribution in [2.75, 3.05) is 0 Å². The minimum atomic E-state index is 0.0139. The summed E-state index contributed by atoms with van der Waals surface area (Å²) in [6, 6.07) is 6.33. The Bertz CT molecular complexity index is 307. The summed E-state index contributed by atoms with van der Waals surface area (Å²) in [4.78, 5) is 10.6. The lowest BCUT2D eigenvalue weighted by Gasteiger charge is -2.07. The molecule has 0 spiro atoms. The van der Waals surface area contributed by atoms with E-state index in [-0.39, 0.29) is 5.92 Å². The number of halogens is 1. The molecule has 0 saturated carbocycles. The van der Waals surface area contributed by atoms with Gasteiger partial charge in [-0.15, -0.1) is 0 Å². The zero-order valence-electron chi connectivity index (χ0n) is 7.88. The Morgan fingerprint density at radius 1 is 1.46 bits per heavy atom. The Labute approximate surface area is 92.7 Å².